The number of ether oxygens (including phenoxy) is 1. The molecule has 2 aromatic carbocycles. The molecule has 1 amide bonds. The van der Waals surface area contributed by atoms with Crippen molar-refractivity contribution in [2.45, 2.75) is 6.17 Å². The van der Waals surface area contributed by atoms with Crippen LogP contribution >= 0.6 is 12.6 Å². The molecule has 29 heavy (non-hydrogen) atoms. The third-order valence-corrected chi connectivity index (χ3v) is 5.06. The third-order valence-electron chi connectivity index (χ3n) is 4.62. The van der Waals surface area contributed by atoms with Crippen LogP contribution in [-0.4, -0.2) is 13.0 Å². The van der Waals surface area contributed by atoms with Crippen molar-refractivity contribution in [2.75, 3.05) is 12.0 Å². The standard InChI is InChI=1S/C22H17N3O3S/c1-27-16-9-7-15(8-10-16)25-20(24-21(26)17(13-23)22(25)29)19-12-11-18(28-19)14-5-3-2-4-6-14/h2-12,20,29H,1H3,(H,24,26). The molecular weight excluding hydrogens is 386 g/mol. The SMILES string of the molecule is COc1ccc(N2C(S)=C(C#N)C(=O)NC2c2ccc(-c3ccccc3)o2)cc1. The molecule has 144 valence electrons. The van der Waals surface area contributed by atoms with E-state index in [1.54, 1.807) is 24.1 Å². The van der Waals surface area contributed by atoms with Gasteiger partial charge in [0.25, 0.3) is 5.91 Å². The Labute approximate surface area is 173 Å². The van der Waals surface area contributed by atoms with E-state index in [4.69, 9.17) is 9.15 Å². The first-order chi connectivity index (χ1) is 14.1. The minimum atomic E-state index is -0.655. The minimum Gasteiger partial charge on any atom is -0.497 e. The Morgan fingerprint density at radius 2 is 1.83 bits per heavy atom. The summed E-state index contributed by atoms with van der Waals surface area (Å²) in [7, 11) is 1.59. The molecule has 0 spiro atoms. The molecule has 1 aromatic heterocycles. The number of nitrogens with one attached hydrogen (secondary N) is 1. The maximum absolute atomic E-state index is 12.4. The number of amides is 1. The van der Waals surface area contributed by atoms with Crippen molar-refractivity contribution in [3.63, 3.8) is 0 Å². The fraction of sp³-hybridized carbons (Fsp3) is 0.0909. The first-order valence-corrected chi connectivity index (χ1v) is 9.29. The van der Waals surface area contributed by atoms with Crippen molar-refractivity contribution in [2.24, 2.45) is 0 Å². The number of hydrogen-bond acceptors (Lipinski definition) is 6. The Kier molecular flexibility index (Phi) is 5.02. The second-order valence-electron chi connectivity index (χ2n) is 6.32. The van der Waals surface area contributed by atoms with Gasteiger partial charge in [-0.1, -0.05) is 30.3 Å². The molecule has 0 fully saturated rings. The summed E-state index contributed by atoms with van der Waals surface area (Å²) in [6.45, 7) is 0. The van der Waals surface area contributed by atoms with Gasteiger partial charge in [-0.05, 0) is 36.4 Å². The van der Waals surface area contributed by atoms with Crippen LogP contribution in [0.3, 0.4) is 0 Å². The van der Waals surface area contributed by atoms with E-state index in [9.17, 15) is 10.1 Å². The van der Waals surface area contributed by atoms with Gasteiger partial charge in [0, 0.05) is 11.3 Å². The number of furan rings is 1. The van der Waals surface area contributed by atoms with E-state index < -0.39 is 12.1 Å². The van der Waals surface area contributed by atoms with Crippen molar-refractivity contribution in [1.82, 2.24) is 5.32 Å². The summed E-state index contributed by atoms with van der Waals surface area (Å²) in [5.74, 6) is 1.41. The lowest BCUT2D eigenvalue weighted by molar-refractivity contribution is -0.118. The number of benzene rings is 2. The van der Waals surface area contributed by atoms with Crippen molar-refractivity contribution >= 4 is 24.2 Å². The maximum atomic E-state index is 12.4. The fourth-order valence-electron chi connectivity index (χ4n) is 3.18. The predicted octanol–water partition coefficient (Wildman–Crippen LogP) is 4.26. The van der Waals surface area contributed by atoms with E-state index in [2.05, 4.69) is 17.9 Å². The first-order valence-electron chi connectivity index (χ1n) is 8.85. The fourth-order valence-corrected chi connectivity index (χ4v) is 3.56. The molecule has 4 rings (SSSR count). The van der Waals surface area contributed by atoms with E-state index in [0.717, 1.165) is 11.3 Å². The Bertz CT molecular complexity index is 1110. The first kappa shape index (κ1) is 18.7. The Morgan fingerprint density at radius 3 is 2.48 bits per heavy atom. The van der Waals surface area contributed by atoms with Crippen molar-refractivity contribution in [3.05, 3.63) is 83.1 Å². The number of anilines is 1. The van der Waals surface area contributed by atoms with Gasteiger partial charge in [-0.2, -0.15) is 5.26 Å². The monoisotopic (exact) mass is 403 g/mol. The van der Waals surface area contributed by atoms with Crippen molar-refractivity contribution in [1.29, 1.82) is 5.26 Å². The molecule has 0 saturated heterocycles. The smallest absolute Gasteiger partial charge is 0.266 e. The molecule has 7 heteroatoms. The number of thiol groups is 1. The molecule has 0 saturated carbocycles. The molecule has 2 heterocycles. The molecule has 0 bridgehead atoms. The van der Waals surface area contributed by atoms with Crippen LogP contribution in [0.25, 0.3) is 11.3 Å². The van der Waals surface area contributed by atoms with Gasteiger partial charge in [0.15, 0.2) is 6.17 Å². The molecule has 0 aliphatic carbocycles. The lowest BCUT2D eigenvalue weighted by atomic mass is 10.1. The van der Waals surface area contributed by atoms with Gasteiger partial charge in [-0.3, -0.25) is 4.79 Å². The number of carbonyl (C=O) groups excluding carboxylic acids is 1. The van der Waals surface area contributed by atoms with Crippen LogP contribution in [-0.2, 0) is 4.79 Å². The topological polar surface area (TPSA) is 78.5 Å². The molecule has 1 unspecified atom stereocenters. The van der Waals surface area contributed by atoms with Crippen molar-refractivity contribution < 1.29 is 13.9 Å². The summed E-state index contributed by atoms with van der Waals surface area (Å²) in [6, 6.07) is 22.5. The second-order valence-corrected chi connectivity index (χ2v) is 6.75. The van der Waals surface area contributed by atoms with Gasteiger partial charge < -0.3 is 19.4 Å². The summed E-state index contributed by atoms with van der Waals surface area (Å²) in [5.41, 5.74) is 1.60. The molecule has 0 radical (unpaired) electrons. The number of nitriles is 1. The van der Waals surface area contributed by atoms with E-state index in [1.807, 2.05) is 60.7 Å². The second kappa shape index (κ2) is 7.78. The molecule has 6 nitrogen and oxygen atoms in total. The summed E-state index contributed by atoms with van der Waals surface area (Å²) in [5, 5.41) is 12.5. The van der Waals surface area contributed by atoms with Gasteiger partial charge in [0.1, 0.15) is 28.9 Å². The van der Waals surface area contributed by atoms with Crippen LogP contribution in [0.5, 0.6) is 5.75 Å². The predicted molar refractivity (Wildman–Crippen MR) is 112 cm³/mol. The van der Waals surface area contributed by atoms with Crippen LogP contribution in [0.15, 0.2) is 81.7 Å². The highest BCUT2D eigenvalue weighted by Crippen LogP contribution is 2.37. The summed E-state index contributed by atoms with van der Waals surface area (Å²) >= 11 is 4.49. The molecular formula is C22H17N3O3S. The number of carbonyl (C=O) groups is 1. The minimum absolute atomic E-state index is 0.0600. The number of nitrogens with zero attached hydrogens (tertiary/aromatic N) is 2. The van der Waals surface area contributed by atoms with Gasteiger partial charge in [0.05, 0.1) is 12.1 Å². The van der Waals surface area contributed by atoms with E-state index in [1.165, 1.54) is 0 Å². The maximum Gasteiger partial charge on any atom is 0.266 e. The molecule has 1 atom stereocenters. The molecule has 1 N–H and O–H groups in total. The quantitative estimate of drug-likeness (QED) is 0.637. The van der Waals surface area contributed by atoms with E-state index in [0.29, 0.717) is 17.3 Å². The Balaban J connectivity index is 1.78. The van der Waals surface area contributed by atoms with Crippen LogP contribution in [0.2, 0.25) is 0 Å². The van der Waals surface area contributed by atoms with Gasteiger partial charge in [0.2, 0.25) is 0 Å². The lowest BCUT2D eigenvalue weighted by Crippen LogP contribution is -2.45. The molecule has 1 aliphatic rings. The van der Waals surface area contributed by atoms with Gasteiger partial charge in [-0.25, -0.2) is 0 Å². The van der Waals surface area contributed by atoms with Crippen LogP contribution in [0.4, 0.5) is 5.69 Å². The molecule has 1 aliphatic heterocycles. The average Bonchev–Trinajstić information content (AvgIpc) is 3.25. The lowest BCUT2D eigenvalue weighted by Gasteiger charge is -2.36. The normalized spacial score (nSPS) is 16.4. The van der Waals surface area contributed by atoms with Gasteiger partial charge >= 0.3 is 0 Å². The zero-order chi connectivity index (χ0) is 20.4. The number of methoxy groups -OCH3 is 1. The Morgan fingerprint density at radius 1 is 1.10 bits per heavy atom. The number of rotatable bonds is 4. The third kappa shape index (κ3) is 3.46. The number of hydrogen-bond donors (Lipinski definition) is 2. The summed E-state index contributed by atoms with van der Waals surface area (Å²) < 4.78 is 11.3. The summed E-state index contributed by atoms with van der Waals surface area (Å²) in [4.78, 5) is 14.2. The summed E-state index contributed by atoms with van der Waals surface area (Å²) in [6.07, 6.45) is -0.655. The van der Waals surface area contributed by atoms with Crippen LogP contribution in [0, 0.1) is 11.3 Å². The molecule has 3 aromatic rings. The largest absolute Gasteiger partial charge is 0.497 e. The van der Waals surface area contributed by atoms with Crippen molar-refractivity contribution in [3.8, 4) is 23.1 Å². The highest BCUT2D eigenvalue weighted by atomic mass is 32.1. The highest BCUT2D eigenvalue weighted by Gasteiger charge is 2.35. The highest BCUT2D eigenvalue weighted by molar-refractivity contribution is 7.84. The Hall–Kier alpha value is -3.63. The van der Waals surface area contributed by atoms with E-state index >= 15 is 0 Å². The zero-order valence-electron chi connectivity index (χ0n) is 15.5. The average molecular weight is 403 g/mol. The van der Waals surface area contributed by atoms with Gasteiger partial charge in [-0.15, -0.1) is 12.6 Å². The zero-order valence-corrected chi connectivity index (χ0v) is 16.4. The van der Waals surface area contributed by atoms with E-state index in [-0.39, 0.29) is 10.6 Å². The van der Waals surface area contributed by atoms with Crippen LogP contribution in [0.1, 0.15) is 11.9 Å². The van der Waals surface area contributed by atoms with Crippen LogP contribution < -0.4 is 15.0 Å².